The normalized spacial score (nSPS) is 21.2. The minimum Gasteiger partial charge on any atom is -0.497 e. The van der Waals surface area contributed by atoms with E-state index in [2.05, 4.69) is 10.3 Å². The Hall–Kier alpha value is -2.14. The zero-order chi connectivity index (χ0) is 16.4. The average Bonchev–Trinajstić information content (AvgIpc) is 2.55. The molecule has 1 heterocycles. The van der Waals surface area contributed by atoms with Crippen LogP contribution in [-0.4, -0.2) is 35.3 Å². The fraction of sp³-hybridized carbons (Fsp3) is 0.444. The van der Waals surface area contributed by atoms with Crippen molar-refractivity contribution in [3.05, 3.63) is 35.5 Å². The molecule has 2 unspecified atom stereocenters. The van der Waals surface area contributed by atoms with Crippen molar-refractivity contribution in [2.45, 2.75) is 44.8 Å². The van der Waals surface area contributed by atoms with Crippen LogP contribution in [-0.2, 0) is 0 Å². The lowest BCUT2D eigenvalue weighted by Gasteiger charge is -2.28. The standard InChI is InChI=1S/C18H22N2O3/c1-11-14(18(22)20-15-5-3-4-6-17(15)21)9-12-7-8-13(23-2)10-16(12)19-11/h7-10,15,17,21H,3-6H2,1-2H3,(H,20,22). The van der Waals surface area contributed by atoms with Crippen LogP contribution in [0, 0.1) is 6.92 Å². The molecule has 5 nitrogen and oxygen atoms in total. The number of carbonyl (C=O) groups excluding carboxylic acids is 1. The average molecular weight is 314 g/mol. The maximum absolute atomic E-state index is 12.6. The fourth-order valence-electron chi connectivity index (χ4n) is 3.13. The first kappa shape index (κ1) is 15.7. The number of pyridine rings is 1. The van der Waals surface area contributed by atoms with Crippen LogP contribution in [0.25, 0.3) is 10.9 Å². The molecule has 2 N–H and O–H groups in total. The highest BCUT2D eigenvalue weighted by atomic mass is 16.5. The molecule has 23 heavy (non-hydrogen) atoms. The number of fused-ring (bicyclic) bond motifs is 1. The lowest BCUT2D eigenvalue weighted by Crippen LogP contribution is -2.45. The molecule has 2 atom stereocenters. The zero-order valence-electron chi connectivity index (χ0n) is 13.5. The molecule has 0 spiro atoms. The SMILES string of the molecule is COc1ccc2cc(C(=O)NC3CCCCC3O)c(C)nc2c1. The first-order valence-electron chi connectivity index (χ1n) is 8.03. The number of carbonyl (C=O) groups is 1. The summed E-state index contributed by atoms with van der Waals surface area (Å²) in [4.78, 5) is 17.1. The first-order chi connectivity index (χ1) is 11.1. The third kappa shape index (κ3) is 3.29. The number of aryl methyl sites for hydroxylation is 1. The second-order valence-corrected chi connectivity index (χ2v) is 6.11. The van der Waals surface area contributed by atoms with Gasteiger partial charge in [0.2, 0.25) is 0 Å². The maximum Gasteiger partial charge on any atom is 0.253 e. The second kappa shape index (κ2) is 6.54. The number of aromatic nitrogens is 1. The van der Waals surface area contributed by atoms with E-state index >= 15 is 0 Å². The molecule has 0 bridgehead atoms. The Kier molecular flexibility index (Phi) is 4.48. The van der Waals surface area contributed by atoms with E-state index in [0.29, 0.717) is 11.3 Å². The Bertz CT molecular complexity index is 730. The van der Waals surface area contributed by atoms with Gasteiger partial charge in [-0.3, -0.25) is 9.78 Å². The Labute approximate surface area is 135 Å². The molecule has 0 saturated heterocycles. The van der Waals surface area contributed by atoms with Crippen LogP contribution in [0.3, 0.4) is 0 Å². The molecule has 1 aromatic carbocycles. The van der Waals surface area contributed by atoms with Crippen LogP contribution in [0.15, 0.2) is 24.3 Å². The lowest BCUT2D eigenvalue weighted by atomic mass is 9.92. The smallest absolute Gasteiger partial charge is 0.253 e. The highest BCUT2D eigenvalue weighted by molar-refractivity contribution is 5.99. The van der Waals surface area contributed by atoms with Gasteiger partial charge in [0, 0.05) is 11.5 Å². The summed E-state index contributed by atoms with van der Waals surface area (Å²) in [5, 5.41) is 13.9. The van der Waals surface area contributed by atoms with E-state index in [4.69, 9.17) is 4.74 Å². The van der Waals surface area contributed by atoms with Gasteiger partial charge in [0.1, 0.15) is 5.75 Å². The van der Waals surface area contributed by atoms with Crippen molar-refractivity contribution in [1.29, 1.82) is 0 Å². The third-order valence-corrected chi connectivity index (χ3v) is 4.51. The largest absolute Gasteiger partial charge is 0.497 e. The van der Waals surface area contributed by atoms with Crippen LogP contribution < -0.4 is 10.1 Å². The fourth-order valence-corrected chi connectivity index (χ4v) is 3.13. The number of aliphatic hydroxyl groups is 1. The molecule has 1 saturated carbocycles. The van der Waals surface area contributed by atoms with Gasteiger partial charge in [-0.15, -0.1) is 0 Å². The van der Waals surface area contributed by atoms with Gasteiger partial charge in [0.15, 0.2) is 0 Å². The van der Waals surface area contributed by atoms with Gasteiger partial charge in [-0.2, -0.15) is 0 Å². The molecule has 5 heteroatoms. The number of nitrogens with one attached hydrogen (secondary N) is 1. The van der Waals surface area contributed by atoms with Crippen molar-refractivity contribution >= 4 is 16.8 Å². The van der Waals surface area contributed by atoms with Gasteiger partial charge >= 0.3 is 0 Å². The van der Waals surface area contributed by atoms with Gasteiger partial charge in [-0.05, 0) is 38.0 Å². The van der Waals surface area contributed by atoms with Crippen LogP contribution in [0.1, 0.15) is 41.7 Å². The molecule has 122 valence electrons. The van der Waals surface area contributed by atoms with Gasteiger partial charge in [0.25, 0.3) is 5.91 Å². The second-order valence-electron chi connectivity index (χ2n) is 6.11. The molecule has 2 aromatic rings. The molecule has 0 aliphatic heterocycles. The summed E-state index contributed by atoms with van der Waals surface area (Å²) >= 11 is 0. The van der Waals surface area contributed by atoms with Gasteiger partial charge in [0.05, 0.1) is 36.0 Å². The molecule has 1 aliphatic rings. The summed E-state index contributed by atoms with van der Waals surface area (Å²) in [6.45, 7) is 1.82. The Morgan fingerprint density at radius 1 is 1.30 bits per heavy atom. The van der Waals surface area contributed by atoms with E-state index in [1.807, 2.05) is 31.2 Å². The molecule has 0 radical (unpaired) electrons. The third-order valence-electron chi connectivity index (χ3n) is 4.51. The number of rotatable bonds is 3. The number of hydrogen-bond acceptors (Lipinski definition) is 4. The molecular formula is C18H22N2O3. The van der Waals surface area contributed by atoms with E-state index in [0.717, 1.165) is 42.3 Å². The maximum atomic E-state index is 12.6. The van der Waals surface area contributed by atoms with E-state index < -0.39 is 6.10 Å². The van der Waals surface area contributed by atoms with Crippen LogP contribution in [0.4, 0.5) is 0 Å². The number of ether oxygens (including phenoxy) is 1. The van der Waals surface area contributed by atoms with E-state index in [1.54, 1.807) is 7.11 Å². The number of hydrogen-bond donors (Lipinski definition) is 2. The van der Waals surface area contributed by atoms with Gasteiger partial charge in [-0.1, -0.05) is 12.8 Å². The van der Waals surface area contributed by atoms with Crippen LogP contribution in [0.5, 0.6) is 5.75 Å². The summed E-state index contributed by atoms with van der Waals surface area (Å²) in [6, 6.07) is 7.29. The Balaban J connectivity index is 1.86. The lowest BCUT2D eigenvalue weighted by molar-refractivity contribution is 0.0716. The van der Waals surface area contributed by atoms with Crippen LogP contribution >= 0.6 is 0 Å². The van der Waals surface area contributed by atoms with E-state index in [1.165, 1.54) is 0 Å². The molecule has 1 fully saturated rings. The van der Waals surface area contributed by atoms with E-state index in [-0.39, 0.29) is 11.9 Å². The Morgan fingerprint density at radius 2 is 2.09 bits per heavy atom. The predicted octanol–water partition coefficient (Wildman–Crippen LogP) is 2.59. The minimum absolute atomic E-state index is 0.165. The topological polar surface area (TPSA) is 71.5 Å². The number of benzene rings is 1. The monoisotopic (exact) mass is 314 g/mol. The molecule has 1 aliphatic carbocycles. The van der Waals surface area contributed by atoms with Gasteiger partial charge in [-0.25, -0.2) is 0 Å². The molecule has 1 amide bonds. The Morgan fingerprint density at radius 3 is 2.83 bits per heavy atom. The summed E-state index contributed by atoms with van der Waals surface area (Å²) < 4.78 is 5.21. The number of methoxy groups -OCH3 is 1. The number of nitrogens with zero attached hydrogens (tertiary/aromatic N) is 1. The highest BCUT2D eigenvalue weighted by Crippen LogP contribution is 2.23. The van der Waals surface area contributed by atoms with Crippen molar-refractivity contribution in [3.8, 4) is 5.75 Å². The highest BCUT2D eigenvalue weighted by Gasteiger charge is 2.25. The predicted molar refractivity (Wildman–Crippen MR) is 88.8 cm³/mol. The molecule has 3 rings (SSSR count). The number of aliphatic hydroxyl groups excluding tert-OH is 1. The number of amides is 1. The van der Waals surface area contributed by atoms with Crippen molar-refractivity contribution in [3.63, 3.8) is 0 Å². The summed E-state index contributed by atoms with van der Waals surface area (Å²) in [5.41, 5.74) is 2.03. The van der Waals surface area contributed by atoms with Crippen molar-refractivity contribution in [2.24, 2.45) is 0 Å². The summed E-state index contributed by atoms with van der Waals surface area (Å²) in [5.74, 6) is 0.575. The van der Waals surface area contributed by atoms with Gasteiger partial charge < -0.3 is 15.2 Å². The van der Waals surface area contributed by atoms with Crippen LogP contribution in [0.2, 0.25) is 0 Å². The quantitative estimate of drug-likeness (QED) is 0.913. The first-order valence-corrected chi connectivity index (χ1v) is 8.03. The van der Waals surface area contributed by atoms with Crippen molar-refractivity contribution in [2.75, 3.05) is 7.11 Å². The summed E-state index contributed by atoms with van der Waals surface area (Å²) in [7, 11) is 1.62. The molecular weight excluding hydrogens is 292 g/mol. The van der Waals surface area contributed by atoms with Crippen molar-refractivity contribution in [1.82, 2.24) is 10.3 Å². The van der Waals surface area contributed by atoms with E-state index in [9.17, 15) is 9.90 Å². The van der Waals surface area contributed by atoms with Crippen molar-refractivity contribution < 1.29 is 14.6 Å². The summed E-state index contributed by atoms with van der Waals surface area (Å²) in [6.07, 6.45) is 3.18. The zero-order valence-corrected chi connectivity index (χ0v) is 13.5. The minimum atomic E-state index is -0.453. The molecule has 1 aromatic heterocycles.